The van der Waals surface area contributed by atoms with Crippen molar-refractivity contribution in [1.82, 2.24) is 15.1 Å². The lowest BCUT2D eigenvalue weighted by Gasteiger charge is -2.46. The van der Waals surface area contributed by atoms with E-state index in [1.807, 2.05) is 31.2 Å². The lowest BCUT2D eigenvalue weighted by Crippen LogP contribution is -2.63. The predicted octanol–water partition coefficient (Wildman–Crippen LogP) is 4.13. The molecule has 2 aromatic rings. The fourth-order valence-corrected chi connectivity index (χ4v) is 5.34. The molecule has 1 heterocycles. The highest BCUT2D eigenvalue weighted by atomic mass is 35.5. The number of benzene rings is 2. The van der Waals surface area contributed by atoms with Gasteiger partial charge >= 0.3 is 6.03 Å². The third kappa shape index (κ3) is 6.27. The van der Waals surface area contributed by atoms with E-state index in [1.165, 1.54) is 4.90 Å². The maximum atomic E-state index is 13.5. The summed E-state index contributed by atoms with van der Waals surface area (Å²) in [5.74, 6) is -0.627. The van der Waals surface area contributed by atoms with Crippen LogP contribution in [0.3, 0.4) is 0 Å². The van der Waals surface area contributed by atoms with Gasteiger partial charge in [-0.2, -0.15) is 0 Å². The van der Waals surface area contributed by atoms with Crippen LogP contribution in [0.4, 0.5) is 10.5 Å². The van der Waals surface area contributed by atoms with Crippen molar-refractivity contribution in [1.29, 1.82) is 0 Å². The number of rotatable bonds is 9. The molecule has 0 spiro atoms. The average Bonchev–Trinajstić information content (AvgIpc) is 2.92. The monoisotopic (exact) mass is 540 g/mol. The van der Waals surface area contributed by atoms with Crippen LogP contribution in [0, 0.1) is 12.8 Å². The van der Waals surface area contributed by atoms with Crippen molar-refractivity contribution in [2.24, 2.45) is 5.92 Å². The van der Waals surface area contributed by atoms with Crippen LogP contribution in [-0.2, 0) is 20.9 Å². The van der Waals surface area contributed by atoms with Crippen LogP contribution in [0.1, 0.15) is 43.2 Å². The molecule has 1 saturated carbocycles. The second kappa shape index (κ2) is 12.3. The lowest BCUT2D eigenvalue weighted by molar-refractivity contribution is -0.142. The van der Waals surface area contributed by atoms with Crippen LogP contribution >= 0.6 is 11.6 Å². The fourth-order valence-electron chi connectivity index (χ4n) is 5.17. The molecular weight excluding hydrogens is 508 g/mol. The number of carbonyl (C=O) groups excluding carboxylic acids is 4. The number of hydrogen-bond acceptors (Lipinski definition) is 5. The molecule has 2 aliphatic rings. The van der Waals surface area contributed by atoms with Gasteiger partial charge in [0.15, 0.2) is 0 Å². The Morgan fingerprint density at radius 1 is 1.08 bits per heavy atom. The number of anilines is 1. The van der Waals surface area contributed by atoms with Crippen molar-refractivity contribution < 1.29 is 23.9 Å². The summed E-state index contributed by atoms with van der Waals surface area (Å²) in [5, 5.41) is 6.15. The van der Waals surface area contributed by atoms with Gasteiger partial charge < -0.3 is 20.3 Å². The number of aryl methyl sites for hydroxylation is 1. The Balaban J connectivity index is 1.41. The number of fused-ring (bicyclic) bond motifs is 1. The Kier molecular flexibility index (Phi) is 8.89. The zero-order valence-corrected chi connectivity index (χ0v) is 22.4. The van der Waals surface area contributed by atoms with Crippen LogP contribution in [0.25, 0.3) is 0 Å². The third-order valence-electron chi connectivity index (χ3n) is 7.21. The summed E-state index contributed by atoms with van der Waals surface area (Å²) in [6, 6.07) is 11.7. The number of nitrogens with one attached hydrogen (secondary N) is 2. The molecule has 1 aliphatic carbocycles. The summed E-state index contributed by atoms with van der Waals surface area (Å²) < 4.78 is 5.31. The quantitative estimate of drug-likeness (QED) is 0.497. The molecule has 1 saturated heterocycles. The van der Waals surface area contributed by atoms with Crippen molar-refractivity contribution in [3.8, 4) is 5.75 Å². The number of carbonyl (C=O) groups is 4. The van der Waals surface area contributed by atoms with E-state index < -0.39 is 6.03 Å². The first kappa shape index (κ1) is 27.4. The van der Waals surface area contributed by atoms with Gasteiger partial charge in [-0.1, -0.05) is 48.7 Å². The number of imide groups is 1. The molecule has 4 rings (SSSR count). The number of nitrogens with zero attached hydrogens (tertiary/aromatic N) is 2. The average molecular weight is 541 g/mol. The maximum Gasteiger partial charge on any atom is 0.327 e. The van der Waals surface area contributed by atoms with Gasteiger partial charge in [-0.3, -0.25) is 19.3 Å². The number of halogens is 1. The Bertz CT molecular complexity index is 1220. The number of urea groups is 1. The highest BCUT2D eigenvalue weighted by molar-refractivity contribution is 6.31. The van der Waals surface area contributed by atoms with E-state index in [4.69, 9.17) is 16.3 Å². The van der Waals surface area contributed by atoms with Crippen molar-refractivity contribution in [2.45, 2.75) is 51.6 Å². The van der Waals surface area contributed by atoms with Gasteiger partial charge in [-0.15, -0.1) is 0 Å². The molecule has 2 atom stereocenters. The summed E-state index contributed by atoms with van der Waals surface area (Å²) in [7, 11) is 1.56. The molecule has 10 heteroatoms. The van der Waals surface area contributed by atoms with Gasteiger partial charge in [0.2, 0.25) is 17.7 Å². The van der Waals surface area contributed by atoms with Crippen molar-refractivity contribution in [2.75, 3.05) is 25.5 Å². The number of para-hydroxylation sites is 1. The maximum absolute atomic E-state index is 13.5. The first-order valence-corrected chi connectivity index (χ1v) is 13.2. The lowest BCUT2D eigenvalue weighted by atomic mass is 9.81. The van der Waals surface area contributed by atoms with Crippen LogP contribution in [0.2, 0.25) is 5.02 Å². The van der Waals surface area contributed by atoms with E-state index >= 15 is 0 Å². The largest absolute Gasteiger partial charge is 0.496 e. The van der Waals surface area contributed by atoms with Gasteiger partial charge in [0.25, 0.3) is 0 Å². The van der Waals surface area contributed by atoms with Crippen LogP contribution < -0.4 is 15.4 Å². The molecule has 0 bridgehead atoms. The van der Waals surface area contributed by atoms with Crippen molar-refractivity contribution in [3.63, 3.8) is 0 Å². The first-order chi connectivity index (χ1) is 18.3. The molecule has 2 unspecified atom stereocenters. The zero-order chi connectivity index (χ0) is 27.2. The highest BCUT2D eigenvalue weighted by Gasteiger charge is 2.47. The van der Waals surface area contributed by atoms with Gasteiger partial charge in [0.1, 0.15) is 12.3 Å². The first-order valence-electron chi connectivity index (χ1n) is 12.8. The number of ether oxygens (including phenoxy) is 1. The summed E-state index contributed by atoms with van der Waals surface area (Å²) in [6.45, 7) is 1.89. The molecule has 202 valence electrons. The molecule has 1 aliphatic heterocycles. The zero-order valence-electron chi connectivity index (χ0n) is 21.7. The molecule has 2 N–H and O–H groups in total. The molecule has 9 nitrogen and oxygen atoms in total. The van der Waals surface area contributed by atoms with E-state index in [0.717, 1.165) is 28.9 Å². The molecule has 2 aromatic carbocycles. The van der Waals surface area contributed by atoms with E-state index in [1.54, 1.807) is 25.3 Å². The number of hydrogen-bond donors (Lipinski definition) is 2. The van der Waals surface area contributed by atoms with Crippen molar-refractivity contribution >= 4 is 41.0 Å². The summed E-state index contributed by atoms with van der Waals surface area (Å²) in [4.78, 5) is 54.9. The van der Waals surface area contributed by atoms with E-state index in [9.17, 15) is 19.2 Å². The SMILES string of the molecule is COc1ccccc1CNC(=O)CCN1C(=O)C2CCCCC2N(CC(=O)Nc2cc(Cl)ccc2C)C1=O. The topological polar surface area (TPSA) is 108 Å². The van der Waals surface area contributed by atoms with Gasteiger partial charge in [0.05, 0.1) is 13.0 Å². The van der Waals surface area contributed by atoms with E-state index in [0.29, 0.717) is 29.3 Å². The van der Waals surface area contributed by atoms with Crippen LogP contribution in [0.5, 0.6) is 5.75 Å². The minimum Gasteiger partial charge on any atom is -0.496 e. The smallest absolute Gasteiger partial charge is 0.327 e. The van der Waals surface area contributed by atoms with Crippen LogP contribution in [-0.4, -0.2) is 59.8 Å². The fraction of sp³-hybridized carbons (Fsp3) is 0.429. The van der Waals surface area contributed by atoms with Gasteiger partial charge in [0, 0.05) is 41.8 Å². The standard InChI is InChI=1S/C28H33ClN4O5/c1-18-11-12-20(29)15-22(18)31-26(35)17-33-23-9-5-4-8-21(23)27(36)32(28(33)37)14-13-25(34)30-16-19-7-3-6-10-24(19)38-2/h3,6-7,10-12,15,21,23H,4-5,8-9,13-14,16-17H2,1-2H3,(H,30,34)(H,31,35). The van der Waals surface area contributed by atoms with Gasteiger partial charge in [-0.05, 0) is 43.5 Å². The van der Waals surface area contributed by atoms with E-state index in [2.05, 4.69) is 10.6 Å². The second-order valence-electron chi connectivity index (χ2n) is 9.70. The summed E-state index contributed by atoms with van der Waals surface area (Å²) in [5.41, 5.74) is 2.25. The predicted molar refractivity (Wildman–Crippen MR) is 144 cm³/mol. The Hall–Kier alpha value is -3.59. The highest BCUT2D eigenvalue weighted by Crippen LogP contribution is 2.34. The molecular formula is C28H33ClN4O5. The number of methoxy groups -OCH3 is 1. The molecule has 0 radical (unpaired) electrons. The van der Waals surface area contributed by atoms with Crippen molar-refractivity contribution in [3.05, 3.63) is 58.6 Å². The molecule has 2 fully saturated rings. The normalized spacial score (nSPS) is 19.1. The van der Waals surface area contributed by atoms with E-state index in [-0.39, 0.29) is 55.7 Å². The molecule has 0 aromatic heterocycles. The van der Waals surface area contributed by atoms with Gasteiger partial charge in [-0.25, -0.2) is 4.79 Å². The Morgan fingerprint density at radius 2 is 1.84 bits per heavy atom. The molecule has 5 amide bonds. The summed E-state index contributed by atoms with van der Waals surface area (Å²) >= 11 is 6.08. The minimum atomic E-state index is -0.534. The molecule has 38 heavy (non-hydrogen) atoms. The minimum absolute atomic E-state index is 0.0360. The Labute approximate surface area is 227 Å². The third-order valence-corrected chi connectivity index (χ3v) is 7.44. The van der Waals surface area contributed by atoms with Crippen LogP contribution in [0.15, 0.2) is 42.5 Å². The second-order valence-corrected chi connectivity index (χ2v) is 10.1. The Morgan fingerprint density at radius 3 is 2.63 bits per heavy atom. The summed E-state index contributed by atoms with van der Waals surface area (Å²) in [6.07, 6.45) is 3.05. The number of amides is 5.